The molecule has 0 bridgehead atoms. The fourth-order valence-electron chi connectivity index (χ4n) is 2.52. The molecule has 124 valence electrons. The van der Waals surface area contributed by atoms with Crippen LogP contribution in [-0.2, 0) is 10.0 Å². The van der Waals surface area contributed by atoms with Crippen molar-refractivity contribution in [1.29, 1.82) is 0 Å². The van der Waals surface area contributed by atoms with E-state index >= 15 is 0 Å². The van der Waals surface area contributed by atoms with Crippen molar-refractivity contribution in [3.8, 4) is 11.5 Å². The molecular formula is C14H21BrN2O4S. The van der Waals surface area contributed by atoms with Gasteiger partial charge in [-0.15, -0.1) is 0 Å². The Balaban J connectivity index is 2.46. The van der Waals surface area contributed by atoms with Crippen LogP contribution < -0.4 is 15.2 Å². The average Bonchev–Trinajstić information content (AvgIpc) is 2.90. The van der Waals surface area contributed by atoms with E-state index in [2.05, 4.69) is 15.9 Å². The van der Waals surface area contributed by atoms with Crippen molar-refractivity contribution >= 4 is 26.0 Å². The van der Waals surface area contributed by atoms with Crippen LogP contribution in [0.15, 0.2) is 21.5 Å². The minimum Gasteiger partial charge on any atom is -0.496 e. The summed E-state index contributed by atoms with van der Waals surface area (Å²) in [5.41, 5.74) is 5.58. The van der Waals surface area contributed by atoms with Crippen molar-refractivity contribution in [1.82, 2.24) is 4.31 Å². The molecule has 2 rings (SSSR count). The summed E-state index contributed by atoms with van der Waals surface area (Å²) >= 11 is 3.33. The lowest BCUT2D eigenvalue weighted by Gasteiger charge is -2.23. The van der Waals surface area contributed by atoms with E-state index in [0.29, 0.717) is 29.9 Å². The van der Waals surface area contributed by atoms with Gasteiger partial charge in [0.15, 0.2) is 0 Å². The third kappa shape index (κ3) is 3.10. The van der Waals surface area contributed by atoms with E-state index in [-0.39, 0.29) is 16.1 Å². The molecule has 0 spiro atoms. The van der Waals surface area contributed by atoms with Gasteiger partial charge in [-0.3, -0.25) is 0 Å². The summed E-state index contributed by atoms with van der Waals surface area (Å²) < 4.78 is 38.4. The molecule has 1 aromatic carbocycles. The van der Waals surface area contributed by atoms with Crippen LogP contribution in [0.4, 0.5) is 0 Å². The highest BCUT2D eigenvalue weighted by atomic mass is 79.9. The van der Waals surface area contributed by atoms with Gasteiger partial charge in [0.1, 0.15) is 16.4 Å². The van der Waals surface area contributed by atoms with Gasteiger partial charge in [-0.05, 0) is 40.4 Å². The van der Waals surface area contributed by atoms with Gasteiger partial charge in [0, 0.05) is 19.2 Å². The zero-order valence-electron chi connectivity index (χ0n) is 12.9. The summed E-state index contributed by atoms with van der Waals surface area (Å²) in [5.74, 6) is 0.731. The lowest BCUT2D eigenvalue weighted by Crippen LogP contribution is -2.34. The first-order chi connectivity index (χ1) is 10.3. The number of halogens is 1. The van der Waals surface area contributed by atoms with Gasteiger partial charge in [-0.2, -0.15) is 4.31 Å². The van der Waals surface area contributed by atoms with Crippen molar-refractivity contribution in [3.05, 3.63) is 16.6 Å². The largest absolute Gasteiger partial charge is 0.496 e. The van der Waals surface area contributed by atoms with Crippen molar-refractivity contribution in [3.63, 3.8) is 0 Å². The fraction of sp³-hybridized carbons (Fsp3) is 0.571. The number of hydrogen-bond acceptors (Lipinski definition) is 5. The highest BCUT2D eigenvalue weighted by Gasteiger charge is 2.40. The van der Waals surface area contributed by atoms with Gasteiger partial charge in [-0.1, -0.05) is 6.92 Å². The molecule has 0 radical (unpaired) electrons. The Labute approximate surface area is 139 Å². The van der Waals surface area contributed by atoms with Gasteiger partial charge in [0.2, 0.25) is 10.0 Å². The molecule has 22 heavy (non-hydrogen) atoms. The molecule has 0 amide bonds. The van der Waals surface area contributed by atoms with Crippen molar-refractivity contribution in [2.45, 2.75) is 18.2 Å². The summed E-state index contributed by atoms with van der Waals surface area (Å²) in [4.78, 5) is 0.108. The molecule has 1 heterocycles. The number of nitrogens with zero attached hydrogens (tertiary/aromatic N) is 1. The maximum Gasteiger partial charge on any atom is 0.246 e. The Morgan fingerprint density at radius 2 is 1.95 bits per heavy atom. The summed E-state index contributed by atoms with van der Waals surface area (Å²) in [6, 6.07) is 3.08. The van der Waals surface area contributed by atoms with Gasteiger partial charge >= 0.3 is 0 Å². The topological polar surface area (TPSA) is 81.9 Å². The van der Waals surface area contributed by atoms with Crippen molar-refractivity contribution in [2.75, 3.05) is 33.9 Å². The van der Waals surface area contributed by atoms with Crippen LogP contribution in [0, 0.1) is 5.41 Å². The van der Waals surface area contributed by atoms with E-state index in [1.807, 2.05) is 6.92 Å². The lowest BCUT2D eigenvalue weighted by atomic mass is 9.90. The number of benzene rings is 1. The standard InChI is InChI=1S/C14H21BrN2O4S/c1-14(8-16)4-5-17(9-14)22(18,19)13-7-11(20-2)10(15)6-12(13)21-3/h6-7H,4-5,8-9,16H2,1-3H3. The second kappa shape index (κ2) is 6.35. The molecule has 1 aliphatic rings. The highest BCUT2D eigenvalue weighted by molar-refractivity contribution is 9.10. The minimum absolute atomic E-state index is 0.108. The molecule has 0 aromatic heterocycles. The molecule has 1 aromatic rings. The monoisotopic (exact) mass is 392 g/mol. The Morgan fingerprint density at radius 1 is 1.32 bits per heavy atom. The number of sulfonamides is 1. The van der Waals surface area contributed by atoms with Crippen LogP contribution in [0.2, 0.25) is 0 Å². The molecule has 0 aliphatic carbocycles. The lowest BCUT2D eigenvalue weighted by molar-refractivity contribution is 0.347. The molecule has 0 saturated carbocycles. The minimum atomic E-state index is -3.66. The average molecular weight is 393 g/mol. The van der Waals surface area contributed by atoms with Crippen LogP contribution in [0.1, 0.15) is 13.3 Å². The summed E-state index contributed by atoms with van der Waals surface area (Å²) in [6.45, 7) is 3.33. The first-order valence-electron chi connectivity index (χ1n) is 6.89. The molecule has 2 N–H and O–H groups in total. The van der Waals surface area contributed by atoms with Crippen LogP contribution in [0.25, 0.3) is 0 Å². The van der Waals surface area contributed by atoms with Gasteiger partial charge < -0.3 is 15.2 Å². The maximum absolute atomic E-state index is 12.9. The van der Waals surface area contributed by atoms with Crippen LogP contribution >= 0.6 is 15.9 Å². The quantitative estimate of drug-likeness (QED) is 0.826. The summed E-state index contributed by atoms with van der Waals surface area (Å²) in [6.07, 6.45) is 0.749. The Bertz CT molecular complexity index is 665. The number of methoxy groups -OCH3 is 2. The van der Waals surface area contributed by atoms with Crippen LogP contribution in [0.3, 0.4) is 0 Å². The molecule has 6 nitrogen and oxygen atoms in total. The van der Waals surface area contributed by atoms with Crippen molar-refractivity contribution in [2.24, 2.45) is 11.1 Å². The van der Waals surface area contributed by atoms with Gasteiger partial charge in [0.05, 0.1) is 18.7 Å². The molecule has 8 heteroatoms. The zero-order valence-corrected chi connectivity index (χ0v) is 15.3. The van der Waals surface area contributed by atoms with Crippen LogP contribution in [0.5, 0.6) is 11.5 Å². The van der Waals surface area contributed by atoms with Gasteiger partial charge in [-0.25, -0.2) is 8.42 Å². The van der Waals surface area contributed by atoms with E-state index in [1.165, 1.54) is 24.6 Å². The molecule has 1 fully saturated rings. The number of nitrogens with two attached hydrogens (primary N) is 1. The van der Waals surface area contributed by atoms with E-state index < -0.39 is 10.0 Å². The smallest absolute Gasteiger partial charge is 0.246 e. The molecule has 1 unspecified atom stereocenters. The number of ether oxygens (including phenoxy) is 2. The van der Waals surface area contributed by atoms with E-state index in [4.69, 9.17) is 15.2 Å². The van der Waals surface area contributed by atoms with E-state index in [0.717, 1.165) is 6.42 Å². The molecule has 1 aliphatic heterocycles. The van der Waals surface area contributed by atoms with Crippen molar-refractivity contribution < 1.29 is 17.9 Å². The highest BCUT2D eigenvalue weighted by Crippen LogP contribution is 2.39. The van der Waals surface area contributed by atoms with Gasteiger partial charge in [0.25, 0.3) is 0 Å². The predicted octanol–water partition coefficient (Wildman–Crippen LogP) is 1.83. The fourth-order valence-corrected chi connectivity index (χ4v) is 4.75. The second-order valence-electron chi connectivity index (χ2n) is 5.74. The molecule has 1 saturated heterocycles. The predicted molar refractivity (Wildman–Crippen MR) is 87.8 cm³/mol. The molecule has 1 atom stereocenters. The normalized spacial score (nSPS) is 22.8. The number of rotatable bonds is 5. The third-order valence-electron chi connectivity index (χ3n) is 4.07. The second-order valence-corrected chi connectivity index (χ2v) is 8.50. The zero-order chi connectivity index (χ0) is 16.5. The first kappa shape index (κ1) is 17.5. The third-order valence-corrected chi connectivity index (χ3v) is 6.56. The summed E-state index contributed by atoms with van der Waals surface area (Å²) in [5, 5.41) is 0. The van der Waals surface area contributed by atoms with E-state index in [1.54, 1.807) is 6.07 Å². The Hall–Kier alpha value is -0.830. The van der Waals surface area contributed by atoms with E-state index in [9.17, 15) is 8.42 Å². The first-order valence-corrected chi connectivity index (χ1v) is 9.12. The summed E-state index contributed by atoms with van der Waals surface area (Å²) in [7, 11) is -0.724. The molecular weight excluding hydrogens is 372 g/mol. The Morgan fingerprint density at radius 3 is 2.45 bits per heavy atom. The Kier molecular flexibility index (Phi) is 5.06. The maximum atomic E-state index is 12.9. The van der Waals surface area contributed by atoms with Crippen LogP contribution in [-0.4, -0.2) is 46.6 Å². The SMILES string of the molecule is COc1cc(S(=O)(=O)N2CCC(C)(CN)C2)c(OC)cc1Br. The number of hydrogen-bond donors (Lipinski definition) is 1.